The molecule has 1 saturated heterocycles. The lowest BCUT2D eigenvalue weighted by atomic mass is 10.1. The summed E-state index contributed by atoms with van der Waals surface area (Å²) < 4.78 is 0. The van der Waals surface area contributed by atoms with E-state index < -0.39 is 0 Å². The van der Waals surface area contributed by atoms with Gasteiger partial charge in [-0.05, 0) is 37.5 Å². The number of hydrogen-bond donors (Lipinski definition) is 1. The first-order chi connectivity index (χ1) is 9.74. The maximum Gasteiger partial charge on any atom is 0.115 e. The van der Waals surface area contributed by atoms with Crippen molar-refractivity contribution in [3.63, 3.8) is 0 Å². The van der Waals surface area contributed by atoms with Crippen molar-refractivity contribution >= 4 is 0 Å². The van der Waals surface area contributed by atoms with Crippen molar-refractivity contribution < 1.29 is 5.11 Å². The van der Waals surface area contributed by atoms with Crippen molar-refractivity contribution in [2.45, 2.75) is 44.7 Å². The van der Waals surface area contributed by atoms with Gasteiger partial charge in [-0.2, -0.15) is 0 Å². The quantitative estimate of drug-likeness (QED) is 0.918. The van der Waals surface area contributed by atoms with E-state index in [0.29, 0.717) is 11.8 Å². The van der Waals surface area contributed by atoms with Gasteiger partial charge in [-0.1, -0.05) is 25.0 Å². The van der Waals surface area contributed by atoms with E-state index in [0.717, 1.165) is 6.04 Å². The highest BCUT2D eigenvalue weighted by molar-refractivity contribution is 5.27. The Hall–Kier alpha value is -1.06. The van der Waals surface area contributed by atoms with Crippen molar-refractivity contribution in [1.82, 2.24) is 9.80 Å². The maximum atomic E-state index is 9.38. The van der Waals surface area contributed by atoms with Crippen molar-refractivity contribution in [1.29, 1.82) is 0 Å². The van der Waals surface area contributed by atoms with Gasteiger partial charge >= 0.3 is 0 Å². The minimum absolute atomic E-state index is 0.354. The van der Waals surface area contributed by atoms with Gasteiger partial charge in [0, 0.05) is 38.3 Å². The van der Waals surface area contributed by atoms with Gasteiger partial charge in [-0.25, -0.2) is 0 Å². The smallest absolute Gasteiger partial charge is 0.115 e. The van der Waals surface area contributed by atoms with E-state index in [2.05, 4.69) is 16.7 Å². The molecule has 0 amide bonds. The molecule has 0 radical (unpaired) electrons. The predicted molar refractivity (Wildman–Crippen MR) is 81.9 cm³/mol. The summed E-state index contributed by atoms with van der Waals surface area (Å²) in [4.78, 5) is 5.27. The maximum absolute atomic E-state index is 9.38. The molecule has 1 unspecified atom stereocenters. The Morgan fingerprint density at radius 1 is 1.00 bits per heavy atom. The lowest BCUT2D eigenvalue weighted by Gasteiger charge is -2.40. The normalized spacial score (nSPS) is 24.1. The molecule has 2 aliphatic rings. The number of rotatable bonds is 3. The van der Waals surface area contributed by atoms with Gasteiger partial charge in [0.05, 0.1) is 0 Å². The van der Waals surface area contributed by atoms with E-state index >= 15 is 0 Å². The highest BCUT2D eigenvalue weighted by Gasteiger charge is 2.27. The highest BCUT2D eigenvalue weighted by Crippen LogP contribution is 2.27. The number of nitrogens with zero attached hydrogens (tertiary/aromatic N) is 2. The Morgan fingerprint density at radius 3 is 2.20 bits per heavy atom. The van der Waals surface area contributed by atoms with Crippen LogP contribution in [0, 0.1) is 0 Å². The molecule has 3 heteroatoms. The van der Waals surface area contributed by atoms with Gasteiger partial charge in [0.25, 0.3) is 0 Å². The van der Waals surface area contributed by atoms with Crippen LogP contribution in [0.1, 0.15) is 44.2 Å². The second kappa shape index (κ2) is 6.15. The topological polar surface area (TPSA) is 26.7 Å². The molecule has 0 bridgehead atoms. The zero-order chi connectivity index (χ0) is 13.9. The van der Waals surface area contributed by atoms with Crippen LogP contribution in [0.25, 0.3) is 0 Å². The summed E-state index contributed by atoms with van der Waals surface area (Å²) in [6, 6.07) is 8.98. The highest BCUT2D eigenvalue weighted by atomic mass is 16.3. The number of benzene rings is 1. The van der Waals surface area contributed by atoms with Crippen LogP contribution in [-0.4, -0.2) is 47.1 Å². The largest absolute Gasteiger partial charge is 0.508 e. The first-order valence-electron chi connectivity index (χ1n) is 8.01. The van der Waals surface area contributed by atoms with Crippen LogP contribution in [0.2, 0.25) is 0 Å². The SMILES string of the molecule is CC(c1ccc(O)cc1)N1CCN(C2CCCC2)CC1. The molecule has 1 aliphatic carbocycles. The van der Waals surface area contributed by atoms with E-state index in [9.17, 15) is 5.11 Å². The molecule has 2 fully saturated rings. The van der Waals surface area contributed by atoms with Crippen LogP contribution >= 0.6 is 0 Å². The fourth-order valence-electron chi connectivity index (χ4n) is 3.72. The molecule has 3 nitrogen and oxygen atoms in total. The van der Waals surface area contributed by atoms with Crippen molar-refractivity contribution in [3.05, 3.63) is 29.8 Å². The monoisotopic (exact) mass is 274 g/mol. The summed E-state index contributed by atoms with van der Waals surface area (Å²) in [5.74, 6) is 0.354. The second-order valence-electron chi connectivity index (χ2n) is 6.28. The zero-order valence-electron chi connectivity index (χ0n) is 12.5. The molecule has 0 spiro atoms. The average Bonchev–Trinajstić information content (AvgIpc) is 3.02. The van der Waals surface area contributed by atoms with E-state index in [1.54, 1.807) is 12.1 Å². The summed E-state index contributed by atoms with van der Waals surface area (Å²) in [5, 5.41) is 9.38. The Labute approximate surface area is 122 Å². The molecule has 0 aromatic heterocycles. The number of phenols is 1. The predicted octanol–water partition coefficient (Wildman–Crippen LogP) is 3.01. The summed E-state index contributed by atoms with van der Waals surface area (Å²) >= 11 is 0. The first kappa shape index (κ1) is 13.9. The van der Waals surface area contributed by atoms with Crippen LogP contribution in [0.15, 0.2) is 24.3 Å². The fourth-order valence-corrected chi connectivity index (χ4v) is 3.72. The second-order valence-corrected chi connectivity index (χ2v) is 6.28. The molecule has 1 aromatic carbocycles. The van der Waals surface area contributed by atoms with Gasteiger partial charge < -0.3 is 5.11 Å². The molecule has 110 valence electrons. The Bertz CT molecular complexity index is 417. The minimum atomic E-state index is 0.354. The van der Waals surface area contributed by atoms with Crippen LogP contribution in [-0.2, 0) is 0 Å². The van der Waals surface area contributed by atoms with Crippen LogP contribution < -0.4 is 0 Å². The van der Waals surface area contributed by atoms with Crippen molar-refractivity contribution in [2.75, 3.05) is 26.2 Å². The van der Waals surface area contributed by atoms with E-state index in [1.807, 2.05) is 12.1 Å². The molecular weight excluding hydrogens is 248 g/mol. The third kappa shape index (κ3) is 2.99. The van der Waals surface area contributed by atoms with Gasteiger partial charge in [0.2, 0.25) is 0 Å². The standard InChI is InChI=1S/C17H26N2O/c1-14(15-6-8-17(20)9-7-15)18-10-12-19(13-11-18)16-4-2-3-5-16/h6-9,14,16,20H,2-5,10-13H2,1H3. The summed E-state index contributed by atoms with van der Waals surface area (Å²) in [5.41, 5.74) is 1.30. The van der Waals surface area contributed by atoms with Gasteiger partial charge in [0.1, 0.15) is 5.75 Å². The van der Waals surface area contributed by atoms with Crippen molar-refractivity contribution in [3.8, 4) is 5.75 Å². The summed E-state index contributed by atoms with van der Waals surface area (Å²) in [7, 11) is 0. The summed E-state index contributed by atoms with van der Waals surface area (Å²) in [6.07, 6.45) is 5.67. The molecule has 20 heavy (non-hydrogen) atoms. The Kier molecular flexibility index (Phi) is 4.27. The fraction of sp³-hybridized carbons (Fsp3) is 0.647. The lowest BCUT2D eigenvalue weighted by Crippen LogP contribution is -2.50. The van der Waals surface area contributed by atoms with Gasteiger partial charge in [-0.3, -0.25) is 9.80 Å². The molecule has 1 N–H and O–H groups in total. The van der Waals surface area contributed by atoms with E-state index in [4.69, 9.17) is 0 Å². The third-order valence-electron chi connectivity index (χ3n) is 5.11. The van der Waals surface area contributed by atoms with Crippen LogP contribution in [0.5, 0.6) is 5.75 Å². The Balaban J connectivity index is 1.55. The number of piperazine rings is 1. The van der Waals surface area contributed by atoms with E-state index in [1.165, 1.54) is 57.4 Å². The number of phenolic OH excluding ortho intramolecular Hbond substituents is 1. The first-order valence-corrected chi connectivity index (χ1v) is 8.01. The average molecular weight is 274 g/mol. The van der Waals surface area contributed by atoms with Crippen LogP contribution in [0.3, 0.4) is 0 Å². The molecule has 1 aromatic rings. The van der Waals surface area contributed by atoms with Crippen molar-refractivity contribution in [2.24, 2.45) is 0 Å². The molecular formula is C17H26N2O. The molecule has 1 heterocycles. The third-order valence-corrected chi connectivity index (χ3v) is 5.11. The van der Waals surface area contributed by atoms with Gasteiger partial charge in [-0.15, -0.1) is 0 Å². The molecule has 1 aliphatic heterocycles. The summed E-state index contributed by atoms with van der Waals surface area (Å²) in [6.45, 7) is 7.04. The van der Waals surface area contributed by atoms with Crippen LogP contribution in [0.4, 0.5) is 0 Å². The van der Waals surface area contributed by atoms with E-state index in [-0.39, 0.29) is 0 Å². The molecule has 1 atom stereocenters. The minimum Gasteiger partial charge on any atom is -0.508 e. The molecule has 3 rings (SSSR count). The molecule has 1 saturated carbocycles. The number of hydrogen-bond acceptors (Lipinski definition) is 3. The van der Waals surface area contributed by atoms with Gasteiger partial charge in [0.15, 0.2) is 0 Å². The lowest BCUT2D eigenvalue weighted by molar-refractivity contribution is 0.0750. The zero-order valence-corrected chi connectivity index (χ0v) is 12.5. The number of aromatic hydroxyl groups is 1. The Morgan fingerprint density at radius 2 is 1.60 bits per heavy atom.